The second-order valence-electron chi connectivity index (χ2n) is 1.87. The quantitative estimate of drug-likeness (QED) is 0.603. The molecule has 0 radical (unpaired) electrons. The molecule has 0 aliphatic carbocycles. The van der Waals surface area contributed by atoms with Gasteiger partial charge in [0.15, 0.2) is 0 Å². The summed E-state index contributed by atoms with van der Waals surface area (Å²) in [5.74, 6) is 0.992. The fraction of sp³-hybridized carbons (Fsp3) is 0.667. The molecule has 9 heavy (non-hydrogen) atoms. The molecule has 1 unspecified atom stereocenters. The smallest absolute Gasteiger partial charge is 0.0550 e. The summed E-state index contributed by atoms with van der Waals surface area (Å²) in [7, 11) is 1.89. The molecule has 0 aromatic heterocycles. The lowest BCUT2D eigenvalue weighted by molar-refractivity contribution is 0.697. The monoisotopic (exact) mass is 146 g/mol. The minimum Gasteiger partial charge on any atom is -0.401 e. The highest BCUT2D eigenvalue weighted by molar-refractivity contribution is 7.98. The van der Waals surface area contributed by atoms with E-state index in [2.05, 4.69) is 11.9 Å². The predicted molar refractivity (Wildman–Crippen MR) is 44.6 cm³/mol. The lowest BCUT2D eigenvalue weighted by Crippen LogP contribution is -2.32. The normalized spacial score (nSPS) is 13.1. The van der Waals surface area contributed by atoms with Gasteiger partial charge in [0.25, 0.3) is 0 Å². The van der Waals surface area contributed by atoms with Gasteiger partial charge in [-0.25, -0.2) is 0 Å². The van der Waals surface area contributed by atoms with Gasteiger partial charge in [0.1, 0.15) is 0 Å². The third-order valence-electron chi connectivity index (χ3n) is 1.13. The van der Waals surface area contributed by atoms with Gasteiger partial charge in [-0.3, -0.25) is 0 Å². The topological polar surface area (TPSA) is 38.0 Å². The van der Waals surface area contributed by atoms with Crippen LogP contribution in [0, 0.1) is 0 Å². The maximum Gasteiger partial charge on any atom is 0.0550 e. The molecule has 0 aromatic rings. The van der Waals surface area contributed by atoms with E-state index in [0.29, 0.717) is 5.70 Å². The minimum atomic E-state index is 0.264. The van der Waals surface area contributed by atoms with E-state index < -0.39 is 0 Å². The van der Waals surface area contributed by atoms with Crippen LogP contribution in [0.5, 0.6) is 0 Å². The molecule has 0 aliphatic rings. The van der Waals surface area contributed by atoms with Gasteiger partial charge in [0.05, 0.1) is 6.04 Å². The Morgan fingerprint density at radius 1 is 1.89 bits per heavy atom. The molecule has 0 bridgehead atoms. The molecule has 0 saturated carbocycles. The van der Waals surface area contributed by atoms with Gasteiger partial charge < -0.3 is 11.1 Å². The van der Waals surface area contributed by atoms with Crippen molar-refractivity contribution < 1.29 is 0 Å². The van der Waals surface area contributed by atoms with Crippen LogP contribution in [0.3, 0.4) is 0 Å². The van der Waals surface area contributed by atoms with Crippen LogP contribution in [-0.4, -0.2) is 25.1 Å². The lowest BCUT2D eigenvalue weighted by atomic mass is 10.3. The van der Waals surface area contributed by atoms with E-state index in [0.717, 1.165) is 5.75 Å². The van der Waals surface area contributed by atoms with Crippen molar-refractivity contribution in [2.24, 2.45) is 5.73 Å². The summed E-state index contributed by atoms with van der Waals surface area (Å²) in [6.45, 7) is 3.65. The standard InChI is InChI=1S/C6H14N2S/c1-5(7)6(8-2)4-9-3/h6,8H,1,4,7H2,2-3H3. The van der Waals surface area contributed by atoms with E-state index in [1.165, 1.54) is 0 Å². The summed E-state index contributed by atoms with van der Waals surface area (Å²) in [5, 5.41) is 3.06. The zero-order valence-electron chi connectivity index (χ0n) is 5.98. The molecule has 3 N–H and O–H groups in total. The van der Waals surface area contributed by atoms with E-state index in [1.807, 2.05) is 13.3 Å². The second kappa shape index (κ2) is 4.70. The highest BCUT2D eigenvalue weighted by atomic mass is 32.2. The van der Waals surface area contributed by atoms with Crippen LogP contribution in [0.25, 0.3) is 0 Å². The lowest BCUT2D eigenvalue weighted by Gasteiger charge is -2.13. The van der Waals surface area contributed by atoms with Crippen molar-refractivity contribution in [2.75, 3.05) is 19.1 Å². The van der Waals surface area contributed by atoms with Gasteiger partial charge in [-0.1, -0.05) is 6.58 Å². The number of rotatable bonds is 4. The van der Waals surface area contributed by atoms with E-state index in [4.69, 9.17) is 5.73 Å². The SMILES string of the molecule is C=C(N)C(CSC)NC. The largest absolute Gasteiger partial charge is 0.401 e. The van der Waals surface area contributed by atoms with Gasteiger partial charge in [-0.15, -0.1) is 0 Å². The number of nitrogens with one attached hydrogen (secondary N) is 1. The van der Waals surface area contributed by atoms with Crippen LogP contribution >= 0.6 is 11.8 Å². The van der Waals surface area contributed by atoms with Crippen molar-refractivity contribution in [3.05, 3.63) is 12.3 Å². The second-order valence-corrected chi connectivity index (χ2v) is 2.78. The maximum absolute atomic E-state index is 5.46. The fourth-order valence-electron chi connectivity index (χ4n) is 0.542. The molecule has 1 atom stereocenters. The van der Waals surface area contributed by atoms with Crippen molar-refractivity contribution in [2.45, 2.75) is 6.04 Å². The Morgan fingerprint density at radius 3 is 2.56 bits per heavy atom. The summed E-state index contributed by atoms with van der Waals surface area (Å²) < 4.78 is 0. The Kier molecular flexibility index (Phi) is 4.62. The summed E-state index contributed by atoms with van der Waals surface area (Å²) >= 11 is 1.76. The van der Waals surface area contributed by atoms with Crippen LogP contribution in [0.4, 0.5) is 0 Å². The Balaban J connectivity index is 3.54. The average molecular weight is 146 g/mol. The minimum absolute atomic E-state index is 0.264. The van der Waals surface area contributed by atoms with E-state index in [1.54, 1.807) is 11.8 Å². The van der Waals surface area contributed by atoms with Crippen LogP contribution in [0.1, 0.15) is 0 Å². The third-order valence-corrected chi connectivity index (χ3v) is 1.80. The molecule has 3 heteroatoms. The van der Waals surface area contributed by atoms with Gasteiger partial charge >= 0.3 is 0 Å². The van der Waals surface area contributed by atoms with E-state index >= 15 is 0 Å². The van der Waals surface area contributed by atoms with Gasteiger partial charge in [0, 0.05) is 11.4 Å². The van der Waals surface area contributed by atoms with Crippen molar-refractivity contribution in [3.63, 3.8) is 0 Å². The first-order valence-corrected chi connectivity index (χ1v) is 4.22. The Labute approximate surface area is 60.9 Å². The number of hydrogen-bond donors (Lipinski definition) is 2. The Hall–Kier alpha value is -0.150. The zero-order chi connectivity index (χ0) is 7.28. The molecule has 0 fully saturated rings. The average Bonchev–Trinajstić information content (AvgIpc) is 1.82. The Morgan fingerprint density at radius 2 is 2.44 bits per heavy atom. The van der Waals surface area contributed by atoms with Crippen molar-refractivity contribution in [1.82, 2.24) is 5.32 Å². The number of thioether (sulfide) groups is 1. The third kappa shape index (κ3) is 3.43. The van der Waals surface area contributed by atoms with Gasteiger partial charge in [-0.05, 0) is 13.3 Å². The number of nitrogens with two attached hydrogens (primary N) is 1. The first-order valence-electron chi connectivity index (χ1n) is 2.82. The summed E-state index contributed by atoms with van der Waals surface area (Å²) in [6.07, 6.45) is 2.05. The first kappa shape index (κ1) is 8.85. The van der Waals surface area contributed by atoms with E-state index in [-0.39, 0.29) is 6.04 Å². The summed E-state index contributed by atoms with van der Waals surface area (Å²) in [6, 6.07) is 0.264. The van der Waals surface area contributed by atoms with Crippen molar-refractivity contribution >= 4 is 11.8 Å². The predicted octanol–water partition coefficient (Wildman–Crippen LogP) is 0.410. The summed E-state index contributed by atoms with van der Waals surface area (Å²) in [4.78, 5) is 0. The first-order chi connectivity index (χ1) is 4.22. The molecule has 0 rings (SSSR count). The maximum atomic E-state index is 5.46. The number of likely N-dealkylation sites (N-methyl/N-ethyl adjacent to an activating group) is 1. The highest BCUT2D eigenvalue weighted by Crippen LogP contribution is 1.99. The van der Waals surface area contributed by atoms with Crippen LogP contribution in [-0.2, 0) is 0 Å². The molecule has 0 saturated heterocycles. The van der Waals surface area contributed by atoms with Crippen molar-refractivity contribution in [3.8, 4) is 0 Å². The van der Waals surface area contributed by atoms with Crippen LogP contribution in [0.15, 0.2) is 12.3 Å². The molecule has 2 nitrogen and oxygen atoms in total. The summed E-state index contributed by atoms with van der Waals surface area (Å²) in [5.41, 5.74) is 6.18. The molecular formula is C6H14N2S. The molecule has 0 spiro atoms. The molecule has 0 aliphatic heterocycles. The number of hydrogen-bond acceptors (Lipinski definition) is 3. The molecule has 54 valence electrons. The van der Waals surface area contributed by atoms with Gasteiger partial charge in [-0.2, -0.15) is 11.8 Å². The Bertz CT molecular complexity index is 93.1. The molecular weight excluding hydrogens is 132 g/mol. The highest BCUT2D eigenvalue weighted by Gasteiger charge is 2.03. The molecule has 0 aromatic carbocycles. The fourth-order valence-corrected chi connectivity index (χ4v) is 1.26. The van der Waals surface area contributed by atoms with Gasteiger partial charge in [0.2, 0.25) is 0 Å². The van der Waals surface area contributed by atoms with Crippen LogP contribution in [0.2, 0.25) is 0 Å². The zero-order valence-corrected chi connectivity index (χ0v) is 6.79. The van der Waals surface area contributed by atoms with Crippen molar-refractivity contribution in [1.29, 1.82) is 0 Å². The van der Waals surface area contributed by atoms with Crippen LogP contribution < -0.4 is 11.1 Å². The molecule has 0 amide bonds. The molecule has 0 heterocycles. The van der Waals surface area contributed by atoms with E-state index in [9.17, 15) is 0 Å².